The summed E-state index contributed by atoms with van der Waals surface area (Å²) in [6.07, 6.45) is 8.24. The van der Waals surface area contributed by atoms with Crippen molar-refractivity contribution in [3.8, 4) is 12.3 Å². The number of rotatable bonds is 1. The summed E-state index contributed by atoms with van der Waals surface area (Å²) in [4.78, 5) is 12.9. The summed E-state index contributed by atoms with van der Waals surface area (Å²) in [5.41, 5.74) is 0. The molecule has 1 aliphatic heterocycles. The van der Waals surface area contributed by atoms with Gasteiger partial charge in [-0.3, -0.25) is 4.79 Å². The number of hydrogen-bond acceptors (Lipinski definition) is 2. The van der Waals surface area contributed by atoms with E-state index in [-0.39, 0.29) is 5.91 Å². The van der Waals surface area contributed by atoms with Crippen molar-refractivity contribution in [2.75, 3.05) is 20.1 Å². The van der Waals surface area contributed by atoms with Crippen LogP contribution < -0.4 is 5.32 Å². The molecule has 1 rings (SSSR count). The van der Waals surface area contributed by atoms with E-state index in [1.807, 2.05) is 0 Å². The minimum absolute atomic E-state index is 0.202. The Kier molecular flexibility index (Phi) is 3.78. The van der Waals surface area contributed by atoms with Gasteiger partial charge in [-0.2, -0.15) is 0 Å². The fourth-order valence-electron chi connectivity index (χ4n) is 1.66. The summed E-state index contributed by atoms with van der Waals surface area (Å²) < 4.78 is 0. The van der Waals surface area contributed by atoms with Gasteiger partial charge in [0.1, 0.15) is 0 Å². The smallest absolute Gasteiger partial charge is 0.298 e. The highest BCUT2D eigenvalue weighted by atomic mass is 16.2. The van der Waals surface area contributed by atoms with E-state index in [0.29, 0.717) is 6.04 Å². The Morgan fingerprint density at radius 2 is 2.31 bits per heavy atom. The third-order valence-electron chi connectivity index (χ3n) is 2.54. The highest BCUT2D eigenvalue weighted by Crippen LogP contribution is 2.11. The molecule has 1 N–H and O–H groups in total. The Morgan fingerprint density at radius 3 is 3.00 bits per heavy atom. The monoisotopic (exact) mass is 180 g/mol. The van der Waals surface area contributed by atoms with Crippen LogP contribution in [0.5, 0.6) is 0 Å². The second kappa shape index (κ2) is 4.88. The summed E-state index contributed by atoms with van der Waals surface area (Å²) in [5.74, 6) is 1.95. The summed E-state index contributed by atoms with van der Waals surface area (Å²) >= 11 is 0. The fraction of sp³-hybridized carbons (Fsp3) is 0.700. The van der Waals surface area contributed by atoms with Crippen LogP contribution in [0.15, 0.2) is 0 Å². The zero-order valence-electron chi connectivity index (χ0n) is 8.05. The Hall–Kier alpha value is -1.01. The van der Waals surface area contributed by atoms with Crippen molar-refractivity contribution in [2.45, 2.75) is 25.3 Å². The molecule has 1 saturated heterocycles. The van der Waals surface area contributed by atoms with Gasteiger partial charge in [0, 0.05) is 13.1 Å². The molecule has 3 heteroatoms. The molecular weight excluding hydrogens is 164 g/mol. The molecule has 1 heterocycles. The van der Waals surface area contributed by atoms with Crippen LogP contribution in [0.1, 0.15) is 19.3 Å². The van der Waals surface area contributed by atoms with E-state index in [0.717, 1.165) is 32.4 Å². The number of nitrogens with one attached hydrogen (secondary N) is 1. The average molecular weight is 180 g/mol. The average Bonchev–Trinajstić information content (AvgIpc) is 2.43. The van der Waals surface area contributed by atoms with E-state index >= 15 is 0 Å². The largest absolute Gasteiger partial charge is 0.332 e. The van der Waals surface area contributed by atoms with Gasteiger partial charge in [-0.05, 0) is 38.3 Å². The van der Waals surface area contributed by atoms with Crippen LogP contribution in [-0.4, -0.2) is 37.0 Å². The third-order valence-corrected chi connectivity index (χ3v) is 2.54. The maximum absolute atomic E-state index is 11.2. The van der Waals surface area contributed by atoms with Gasteiger partial charge in [0.2, 0.25) is 0 Å². The molecule has 0 saturated carbocycles. The van der Waals surface area contributed by atoms with E-state index in [1.165, 1.54) is 0 Å². The van der Waals surface area contributed by atoms with Crippen LogP contribution >= 0.6 is 0 Å². The number of terminal acetylenes is 1. The molecule has 0 bridgehead atoms. The topological polar surface area (TPSA) is 32.3 Å². The van der Waals surface area contributed by atoms with E-state index in [2.05, 4.69) is 11.2 Å². The van der Waals surface area contributed by atoms with Crippen LogP contribution in [0.2, 0.25) is 0 Å². The van der Waals surface area contributed by atoms with Gasteiger partial charge in [0.15, 0.2) is 0 Å². The first-order valence-electron chi connectivity index (χ1n) is 4.70. The molecule has 1 fully saturated rings. The molecule has 13 heavy (non-hydrogen) atoms. The first-order valence-corrected chi connectivity index (χ1v) is 4.70. The van der Waals surface area contributed by atoms with Crippen LogP contribution in [0.25, 0.3) is 0 Å². The van der Waals surface area contributed by atoms with Gasteiger partial charge in [-0.15, -0.1) is 6.42 Å². The van der Waals surface area contributed by atoms with Gasteiger partial charge in [0.25, 0.3) is 5.91 Å². The Bertz CT molecular complexity index is 211. The van der Waals surface area contributed by atoms with Crippen molar-refractivity contribution in [3.05, 3.63) is 0 Å². The highest BCUT2D eigenvalue weighted by Gasteiger charge is 2.19. The second-order valence-electron chi connectivity index (χ2n) is 3.40. The minimum Gasteiger partial charge on any atom is -0.332 e. The summed E-state index contributed by atoms with van der Waals surface area (Å²) in [5, 5.41) is 3.30. The zero-order chi connectivity index (χ0) is 9.68. The van der Waals surface area contributed by atoms with Crippen molar-refractivity contribution in [3.63, 3.8) is 0 Å². The van der Waals surface area contributed by atoms with E-state index in [1.54, 1.807) is 11.9 Å². The van der Waals surface area contributed by atoms with Gasteiger partial charge in [-0.1, -0.05) is 0 Å². The second-order valence-corrected chi connectivity index (χ2v) is 3.40. The Morgan fingerprint density at radius 1 is 1.54 bits per heavy atom. The number of carbonyl (C=O) groups is 1. The fourth-order valence-corrected chi connectivity index (χ4v) is 1.66. The first kappa shape index (κ1) is 10.1. The predicted octanol–water partition coefficient (Wildman–Crippen LogP) is 0.220. The molecule has 0 spiro atoms. The zero-order valence-corrected chi connectivity index (χ0v) is 8.05. The van der Waals surface area contributed by atoms with Crippen LogP contribution in [0, 0.1) is 12.3 Å². The van der Waals surface area contributed by atoms with Crippen LogP contribution in [-0.2, 0) is 4.79 Å². The lowest BCUT2D eigenvalue weighted by atomic mass is 10.1. The van der Waals surface area contributed by atoms with E-state index < -0.39 is 0 Å². The number of nitrogens with zero attached hydrogens (tertiary/aromatic N) is 1. The molecule has 3 nitrogen and oxygen atoms in total. The van der Waals surface area contributed by atoms with Crippen LogP contribution in [0.4, 0.5) is 0 Å². The van der Waals surface area contributed by atoms with Crippen LogP contribution in [0.3, 0.4) is 0 Å². The third kappa shape index (κ3) is 2.74. The molecule has 0 aromatic rings. The Balaban J connectivity index is 2.49. The van der Waals surface area contributed by atoms with Crippen molar-refractivity contribution in [2.24, 2.45) is 0 Å². The maximum Gasteiger partial charge on any atom is 0.298 e. The van der Waals surface area contributed by atoms with Gasteiger partial charge in [0.05, 0.1) is 0 Å². The van der Waals surface area contributed by atoms with E-state index in [9.17, 15) is 4.79 Å². The molecule has 1 amide bonds. The van der Waals surface area contributed by atoms with Crippen molar-refractivity contribution in [1.82, 2.24) is 10.2 Å². The predicted molar refractivity (Wildman–Crippen MR) is 52.1 cm³/mol. The standard InChI is InChI=1S/C10H16N2O/c1-3-10(13)12(2)9-5-4-7-11-8-6-9/h1,9,11H,4-8H2,2H3. The maximum atomic E-state index is 11.2. The molecule has 0 radical (unpaired) electrons. The van der Waals surface area contributed by atoms with Gasteiger partial charge in [-0.25, -0.2) is 0 Å². The minimum atomic E-state index is -0.202. The molecule has 0 aromatic carbocycles. The molecule has 72 valence electrons. The highest BCUT2D eigenvalue weighted by molar-refractivity contribution is 5.92. The lowest BCUT2D eigenvalue weighted by Gasteiger charge is -2.24. The first-order chi connectivity index (χ1) is 6.25. The van der Waals surface area contributed by atoms with Gasteiger partial charge >= 0.3 is 0 Å². The number of hydrogen-bond donors (Lipinski definition) is 1. The number of carbonyl (C=O) groups excluding carboxylic acids is 1. The molecule has 1 atom stereocenters. The van der Waals surface area contributed by atoms with Gasteiger partial charge < -0.3 is 10.2 Å². The number of amides is 1. The van der Waals surface area contributed by atoms with Crippen molar-refractivity contribution in [1.29, 1.82) is 0 Å². The lowest BCUT2D eigenvalue weighted by molar-refractivity contribution is -0.126. The molecule has 1 unspecified atom stereocenters. The molecule has 0 aromatic heterocycles. The Labute approximate surface area is 79.5 Å². The molecular formula is C10H16N2O. The molecule has 0 aliphatic carbocycles. The van der Waals surface area contributed by atoms with Crippen molar-refractivity contribution >= 4 is 5.91 Å². The molecule has 1 aliphatic rings. The quantitative estimate of drug-likeness (QED) is 0.585. The normalized spacial score (nSPS) is 22.9. The SMILES string of the molecule is C#CC(=O)N(C)C1CCCNCC1. The summed E-state index contributed by atoms with van der Waals surface area (Å²) in [7, 11) is 1.79. The van der Waals surface area contributed by atoms with Crippen molar-refractivity contribution < 1.29 is 4.79 Å². The summed E-state index contributed by atoms with van der Waals surface area (Å²) in [6, 6.07) is 0.318. The summed E-state index contributed by atoms with van der Waals surface area (Å²) in [6.45, 7) is 2.03. The lowest BCUT2D eigenvalue weighted by Crippen LogP contribution is -2.36. The van der Waals surface area contributed by atoms with E-state index in [4.69, 9.17) is 6.42 Å².